The van der Waals surface area contributed by atoms with Gasteiger partial charge in [0, 0.05) is 23.7 Å². The Labute approximate surface area is 171 Å². The van der Waals surface area contributed by atoms with Crippen LogP contribution >= 0.6 is 24.0 Å². The van der Waals surface area contributed by atoms with E-state index in [1.807, 2.05) is 60.7 Å². The van der Waals surface area contributed by atoms with Gasteiger partial charge < -0.3 is 14.8 Å². The molecular weight excluding hydrogens is 381 g/mol. The molecule has 0 atom stereocenters. The second kappa shape index (κ2) is 10.8. The summed E-state index contributed by atoms with van der Waals surface area (Å²) >= 11 is 6.18. The van der Waals surface area contributed by atoms with Gasteiger partial charge in [-0.1, -0.05) is 66.2 Å². The van der Waals surface area contributed by atoms with Gasteiger partial charge in [-0.25, -0.2) is 0 Å². The van der Waals surface area contributed by atoms with Crippen LogP contribution in [0.3, 0.4) is 0 Å². The van der Waals surface area contributed by atoms with Gasteiger partial charge in [0.05, 0.1) is 7.11 Å². The molecule has 0 aliphatic rings. The van der Waals surface area contributed by atoms with E-state index in [1.165, 1.54) is 5.56 Å². The third-order valence-corrected chi connectivity index (χ3v) is 4.44. The Balaban J connectivity index is 0.00000261. The van der Waals surface area contributed by atoms with Crippen molar-refractivity contribution in [3.8, 4) is 11.5 Å². The SMILES string of the molecule is COc1cc(CNCc2ccccc2)ccc1OCc1ccccc1Cl.Cl. The topological polar surface area (TPSA) is 30.5 Å². The molecule has 0 aliphatic carbocycles. The monoisotopic (exact) mass is 403 g/mol. The summed E-state index contributed by atoms with van der Waals surface area (Å²) in [6, 6.07) is 24.0. The van der Waals surface area contributed by atoms with Gasteiger partial charge >= 0.3 is 0 Å². The highest BCUT2D eigenvalue weighted by atomic mass is 35.5. The molecule has 0 radical (unpaired) electrons. The molecule has 27 heavy (non-hydrogen) atoms. The summed E-state index contributed by atoms with van der Waals surface area (Å²) in [5.41, 5.74) is 3.35. The predicted octanol–water partition coefficient (Wildman–Crippen LogP) is 5.64. The third-order valence-electron chi connectivity index (χ3n) is 4.07. The van der Waals surface area contributed by atoms with Crippen molar-refractivity contribution in [3.05, 3.63) is 94.5 Å². The summed E-state index contributed by atoms with van der Waals surface area (Å²) in [7, 11) is 1.65. The van der Waals surface area contributed by atoms with Crippen LogP contribution in [0.5, 0.6) is 11.5 Å². The van der Waals surface area contributed by atoms with E-state index in [9.17, 15) is 0 Å². The average Bonchev–Trinajstić information content (AvgIpc) is 2.68. The number of rotatable bonds is 8. The zero-order valence-electron chi connectivity index (χ0n) is 15.2. The normalized spacial score (nSPS) is 10.1. The first-order valence-electron chi connectivity index (χ1n) is 8.54. The standard InChI is InChI=1S/C22H22ClNO2.ClH/c1-25-22-13-18(15-24-14-17-7-3-2-4-8-17)11-12-21(22)26-16-19-9-5-6-10-20(19)23;/h2-13,24H,14-16H2,1H3;1H. The minimum Gasteiger partial charge on any atom is -0.493 e. The van der Waals surface area contributed by atoms with Gasteiger partial charge in [-0.05, 0) is 29.3 Å². The lowest BCUT2D eigenvalue weighted by molar-refractivity contribution is 0.284. The molecule has 0 amide bonds. The summed E-state index contributed by atoms with van der Waals surface area (Å²) in [5, 5.41) is 4.14. The van der Waals surface area contributed by atoms with Crippen LogP contribution in [0.4, 0.5) is 0 Å². The molecule has 3 nitrogen and oxygen atoms in total. The molecule has 0 aliphatic heterocycles. The van der Waals surface area contributed by atoms with Crippen molar-refractivity contribution in [1.82, 2.24) is 5.32 Å². The van der Waals surface area contributed by atoms with Crippen molar-refractivity contribution in [3.63, 3.8) is 0 Å². The quantitative estimate of drug-likeness (QED) is 0.527. The molecule has 3 aromatic carbocycles. The summed E-state index contributed by atoms with van der Waals surface area (Å²) in [6.07, 6.45) is 0. The van der Waals surface area contributed by atoms with Crippen molar-refractivity contribution < 1.29 is 9.47 Å². The third kappa shape index (κ3) is 6.17. The van der Waals surface area contributed by atoms with Crippen LogP contribution in [0.15, 0.2) is 72.8 Å². The largest absolute Gasteiger partial charge is 0.493 e. The van der Waals surface area contributed by atoms with E-state index in [4.69, 9.17) is 21.1 Å². The van der Waals surface area contributed by atoms with E-state index in [-0.39, 0.29) is 12.4 Å². The Morgan fingerprint density at radius 3 is 2.26 bits per heavy atom. The molecule has 0 saturated heterocycles. The van der Waals surface area contributed by atoms with Crippen LogP contribution in [-0.2, 0) is 19.7 Å². The predicted molar refractivity (Wildman–Crippen MR) is 113 cm³/mol. The zero-order chi connectivity index (χ0) is 18.2. The highest BCUT2D eigenvalue weighted by molar-refractivity contribution is 6.31. The molecule has 3 aromatic rings. The van der Waals surface area contributed by atoms with E-state index in [0.29, 0.717) is 17.4 Å². The van der Waals surface area contributed by atoms with Crippen molar-refractivity contribution in [1.29, 1.82) is 0 Å². The fourth-order valence-electron chi connectivity index (χ4n) is 2.66. The maximum Gasteiger partial charge on any atom is 0.161 e. The Morgan fingerprint density at radius 1 is 0.815 bits per heavy atom. The van der Waals surface area contributed by atoms with Crippen LogP contribution in [0.2, 0.25) is 5.02 Å². The summed E-state index contributed by atoms with van der Waals surface area (Å²) < 4.78 is 11.4. The van der Waals surface area contributed by atoms with Crippen molar-refractivity contribution in [2.24, 2.45) is 0 Å². The molecule has 0 bridgehead atoms. The fourth-order valence-corrected chi connectivity index (χ4v) is 2.85. The highest BCUT2D eigenvalue weighted by Gasteiger charge is 2.07. The smallest absolute Gasteiger partial charge is 0.161 e. The number of halogens is 2. The van der Waals surface area contributed by atoms with E-state index < -0.39 is 0 Å². The Bertz CT molecular complexity index is 841. The molecule has 0 aromatic heterocycles. The van der Waals surface area contributed by atoms with E-state index in [2.05, 4.69) is 17.4 Å². The number of methoxy groups -OCH3 is 1. The first-order chi connectivity index (χ1) is 12.8. The van der Waals surface area contributed by atoms with E-state index >= 15 is 0 Å². The average molecular weight is 404 g/mol. The molecule has 0 heterocycles. The van der Waals surface area contributed by atoms with Gasteiger partial charge in [0.2, 0.25) is 0 Å². The van der Waals surface area contributed by atoms with E-state index in [1.54, 1.807) is 7.11 Å². The maximum absolute atomic E-state index is 6.18. The maximum atomic E-state index is 6.18. The highest BCUT2D eigenvalue weighted by Crippen LogP contribution is 2.29. The molecule has 0 fully saturated rings. The zero-order valence-corrected chi connectivity index (χ0v) is 16.7. The second-order valence-electron chi connectivity index (χ2n) is 5.95. The second-order valence-corrected chi connectivity index (χ2v) is 6.36. The van der Waals surface area contributed by atoms with Crippen molar-refractivity contribution in [2.45, 2.75) is 19.7 Å². The Morgan fingerprint density at radius 2 is 1.52 bits per heavy atom. The lowest BCUT2D eigenvalue weighted by Gasteiger charge is -2.13. The van der Waals surface area contributed by atoms with Crippen LogP contribution in [-0.4, -0.2) is 7.11 Å². The van der Waals surface area contributed by atoms with Crippen LogP contribution in [0, 0.1) is 0 Å². The molecule has 0 unspecified atom stereocenters. The van der Waals surface area contributed by atoms with Gasteiger partial charge in [0.25, 0.3) is 0 Å². The van der Waals surface area contributed by atoms with Crippen LogP contribution in [0.25, 0.3) is 0 Å². The fraction of sp³-hybridized carbons (Fsp3) is 0.182. The number of ether oxygens (including phenoxy) is 2. The molecule has 1 N–H and O–H groups in total. The first kappa shape index (κ1) is 21.1. The summed E-state index contributed by atoms with van der Waals surface area (Å²) in [5.74, 6) is 1.43. The van der Waals surface area contributed by atoms with Crippen molar-refractivity contribution in [2.75, 3.05) is 7.11 Å². The minimum absolute atomic E-state index is 0. The van der Waals surface area contributed by atoms with E-state index in [0.717, 1.165) is 30.0 Å². The Kier molecular flexibility index (Phi) is 8.46. The molecule has 0 spiro atoms. The number of nitrogens with one attached hydrogen (secondary N) is 1. The van der Waals surface area contributed by atoms with Gasteiger partial charge in [0.15, 0.2) is 11.5 Å². The minimum atomic E-state index is 0. The number of hydrogen-bond acceptors (Lipinski definition) is 3. The molecule has 0 saturated carbocycles. The van der Waals surface area contributed by atoms with Gasteiger partial charge in [-0.15, -0.1) is 12.4 Å². The van der Waals surface area contributed by atoms with Gasteiger partial charge in [0.1, 0.15) is 6.61 Å². The van der Waals surface area contributed by atoms with Gasteiger partial charge in [-0.3, -0.25) is 0 Å². The lowest BCUT2D eigenvalue weighted by Crippen LogP contribution is -2.12. The summed E-state index contributed by atoms with van der Waals surface area (Å²) in [4.78, 5) is 0. The molecule has 142 valence electrons. The molecule has 5 heteroatoms. The Hall–Kier alpha value is -2.20. The van der Waals surface area contributed by atoms with Crippen molar-refractivity contribution >= 4 is 24.0 Å². The van der Waals surface area contributed by atoms with Crippen LogP contribution in [0.1, 0.15) is 16.7 Å². The number of hydrogen-bond donors (Lipinski definition) is 1. The lowest BCUT2D eigenvalue weighted by atomic mass is 10.2. The number of benzene rings is 3. The first-order valence-corrected chi connectivity index (χ1v) is 8.92. The molecular formula is C22H23Cl2NO2. The molecule has 3 rings (SSSR count). The summed E-state index contributed by atoms with van der Waals surface area (Å²) in [6.45, 7) is 1.99. The van der Waals surface area contributed by atoms with Gasteiger partial charge in [-0.2, -0.15) is 0 Å². The van der Waals surface area contributed by atoms with Crippen LogP contribution < -0.4 is 14.8 Å².